The van der Waals surface area contributed by atoms with Gasteiger partial charge in [0.05, 0.1) is 5.52 Å². The van der Waals surface area contributed by atoms with Crippen LogP contribution < -0.4 is 5.32 Å². The Labute approximate surface area is 275 Å². The van der Waals surface area contributed by atoms with Gasteiger partial charge < -0.3 is 15.1 Å². The van der Waals surface area contributed by atoms with Crippen molar-refractivity contribution < 1.29 is 14.4 Å². The van der Waals surface area contributed by atoms with Crippen LogP contribution in [0.15, 0.2) is 41.3 Å². The zero-order valence-electron chi connectivity index (χ0n) is 26.5. The second kappa shape index (κ2) is 11.6. The number of hydrogen-bond acceptors (Lipinski definition) is 8. The highest BCUT2D eigenvalue weighted by Gasteiger charge is 2.67. The fourth-order valence-electron chi connectivity index (χ4n) is 7.48. The van der Waals surface area contributed by atoms with Crippen molar-refractivity contribution in [2.45, 2.75) is 72.0 Å². The molecule has 0 bridgehead atoms. The molecule has 3 fully saturated rings. The molecule has 46 heavy (non-hydrogen) atoms. The van der Waals surface area contributed by atoms with Gasteiger partial charge in [-0.3, -0.25) is 19.1 Å². The minimum Gasteiger partial charge on any atom is -0.325 e. The number of carbonyl (C=O) groups is 3. The Morgan fingerprint density at radius 1 is 1.00 bits per heavy atom. The first-order chi connectivity index (χ1) is 22.0. The normalized spacial score (nSPS) is 22.3. The van der Waals surface area contributed by atoms with E-state index >= 15 is 0 Å². The number of piperidine rings is 1. The highest BCUT2D eigenvalue weighted by molar-refractivity contribution is 9.10. The summed E-state index contributed by atoms with van der Waals surface area (Å²) in [6.45, 7) is 10.1. The number of nitrogens with one attached hydrogen (secondary N) is 1. The molecule has 1 aliphatic carbocycles. The number of aromatic nitrogens is 5. The van der Waals surface area contributed by atoms with E-state index in [0.717, 1.165) is 53.8 Å². The van der Waals surface area contributed by atoms with Crippen molar-refractivity contribution in [3.63, 3.8) is 0 Å². The standard InChI is InChI=1S/C34H37BrN8O3/c1-19-7-8-28(35)38-32(19)39-33(46)26-13-34(18-41-9-5-6-10-41)14-27(34)43(26)29(45)17-42-31-20(2)11-23(24-15-36-22(4)37-16-24)12-25(31)30(40-42)21(3)44/h7-8,11-12,15-16,26-27H,5-6,9-10,13-14,17-18H2,1-4H3,(H,38,39,46)/t26-,27+,34-/m0/s1. The molecule has 12 heteroatoms. The summed E-state index contributed by atoms with van der Waals surface area (Å²) in [5.41, 5.74) is 4.36. The van der Waals surface area contributed by atoms with Crippen molar-refractivity contribution in [3.8, 4) is 11.1 Å². The van der Waals surface area contributed by atoms with E-state index in [0.29, 0.717) is 33.7 Å². The van der Waals surface area contributed by atoms with E-state index in [1.165, 1.54) is 19.8 Å². The number of halogens is 1. The summed E-state index contributed by atoms with van der Waals surface area (Å²) in [7, 11) is 0. The Morgan fingerprint density at radius 2 is 1.74 bits per heavy atom. The van der Waals surface area contributed by atoms with Crippen LogP contribution in [0.1, 0.15) is 60.0 Å². The molecule has 7 rings (SSSR count). The van der Waals surface area contributed by atoms with Crippen LogP contribution in [-0.2, 0) is 16.1 Å². The largest absolute Gasteiger partial charge is 0.325 e. The molecule has 238 valence electrons. The Kier molecular flexibility index (Phi) is 7.75. The summed E-state index contributed by atoms with van der Waals surface area (Å²) in [5.74, 6) is 0.561. The number of Topliss-reactive ketones (excluding diaryl/α,β-unsaturated/α-hetero) is 1. The number of anilines is 1. The molecule has 1 aromatic carbocycles. The molecule has 0 spiro atoms. The van der Waals surface area contributed by atoms with Crippen LogP contribution in [0.3, 0.4) is 0 Å². The molecule has 3 aliphatic rings. The molecular formula is C34H37BrN8O3. The quantitative estimate of drug-likeness (QED) is 0.206. The number of fused-ring (bicyclic) bond motifs is 2. The number of carbonyl (C=O) groups excluding carboxylic acids is 3. The lowest BCUT2D eigenvalue weighted by atomic mass is 9.98. The summed E-state index contributed by atoms with van der Waals surface area (Å²) in [4.78, 5) is 58.4. The molecule has 3 atom stereocenters. The number of pyridine rings is 1. The predicted molar refractivity (Wildman–Crippen MR) is 177 cm³/mol. The Hall–Kier alpha value is -4.03. The van der Waals surface area contributed by atoms with Crippen LogP contribution in [-0.4, -0.2) is 83.8 Å². The first-order valence-corrected chi connectivity index (χ1v) is 16.6. The second-order valence-corrected chi connectivity index (χ2v) is 14.0. The minimum atomic E-state index is -0.627. The lowest BCUT2D eigenvalue weighted by Gasteiger charge is -2.27. The number of benzene rings is 1. The van der Waals surface area contributed by atoms with E-state index in [4.69, 9.17) is 0 Å². The lowest BCUT2D eigenvalue weighted by Crippen LogP contribution is -2.47. The lowest BCUT2D eigenvalue weighted by molar-refractivity contribution is -0.138. The molecule has 11 nitrogen and oxygen atoms in total. The van der Waals surface area contributed by atoms with Crippen molar-refractivity contribution in [2.24, 2.45) is 5.41 Å². The third-order valence-electron chi connectivity index (χ3n) is 9.82. The van der Waals surface area contributed by atoms with Crippen LogP contribution in [0.4, 0.5) is 5.82 Å². The monoisotopic (exact) mass is 684 g/mol. The second-order valence-electron chi connectivity index (χ2n) is 13.1. The average Bonchev–Trinajstić information content (AvgIpc) is 3.35. The molecule has 3 aromatic heterocycles. The van der Waals surface area contributed by atoms with Crippen LogP contribution in [0, 0.1) is 26.2 Å². The van der Waals surface area contributed by atoms with E-state index in [2.05, 4.69) is 46.2 Å². The molecule has 0 radical (unpaired) electrons. The smallest absolute Gasteiger partial charge is 0.248 e. The van der Waals surface area contributed by atoms with E-state index < -0.39 is 6.04 Å². The molecule has 0 unspecified atom stereocenters. The Morgan fingerprint density at radius 3 is 2.46 bits per heavy atom. The van der Waals surface area contributed by atoms with E-state index in [1.807, 2.05) is 45.0 Å². The third kappa shape index (κ3) is 5.51. The van der Waals surface area contributed by atoms with Crippen molar-refractivity contribution >= 4 is 50.2 Å². The molecule has 2 amide bonds. The van der Waals surface area contributed by atoms with E-state index in [1.54, 1.807) is 22.0 Å². The van der Waals surface area contributed by atoms with Crippen LogP contribution in [0.25, 0.3) is 22.0 Å². The summed E-state index contributed by atoms with van der Waals surface area (Å²) in [6, 6.07) is 7.01. The maximum absolute atomic E-state index is 14.3. The number of likely N-dealkylation sites (tertiary alicyclic amines) is 2. The van der Waals surface area contributed by atoms with Gasteiger partial charge in [0.15, 0.2) is 5.78 Å². The summed E-state index contributed by atoms with van der Waals surface area (Å²) >= 11 is 3.40. The summed E-state index contributed by atoms with van der Waals surface area (Å²) < 4.78 is 2.26. The minimum absolute atomic E-state index is 0.0174. The van der Waals surface area contributed by atoms with Gasteiger partial charge >= 0.3 is 0 Å². The number of hydrogen-bond donors (Lipinski definition) is 1. The van der Waals surface area contributed by atoms with Crippen molar-refractivity contribution in [2.75, 3.05) is 25.0 Å². The van der Waals surface area contributed by atoms with Gasteiger partial charge in [-0.2, -0.15) is 5.10 Å². The molecule has 4 aromatic rings. The Bertz CT molecular complexity index is 1880. The summed E-state index contributed by atoms with van der Waals surface area (Å²) in [5, 5.41) is 8.36. The zero-order valence-corrected chi connectivity index (χ0v) is 28.1. The zero-order chi connectivity index (χ0) is 32.3. The topological polar surface area (TPSA) is 126 Å². The fraction of sp³-hybridized carbons (Fsp3) is 0.441. The molecular weight excluding hydrogens is 648 g/mol. The Balaban J connectivity index is 1.21. The van der Waals surface area contributed by atoms with Crippen LogP contribution >= 0.6 is 15.9 Å². The van der Waals surface area contributed by atoms with Gasteiger partial charge in [0.25, 0.3) is 0 Å². The molecule has 2 saturated heterocycles. The van der Waals surface area contributed by atoms with Gasteiger partial charge in [-0.05, 0) is 110 Å². The molecule has 5 heterocycles. The number of ketones is 1. The number of aryl methyl sites for hydroxylation is 3. The predicted octanol–water partition coefficient (Wildman–Crippen LogP) is 4.87. The number of rotatable bonds is 8. The molecule has 1 N–H and O–H groups in total. The van der Waals surface area contributed by atoms with Crippen molar-refractivity contribution in [1.82, 2.24) is 34.5 Å². The number of nitrogens with zero attached hydrogens (tertiary/aromatic N) is 7. The van der Waals surface area contributed by atoms with Crippen molar-refractivity contribution in [1.29, 1.82) is 0 Å². The van der Waals surface area contributed by atoms with Gasteiger partial charge in [0.1, 0.15) is 34.5 Å². The highest BCUT2D eigenvalue weighted by Crippen LogP contribution is 2.60. The molecule has 2 aliphatic heterocycles. The van der Waals surface area contributed by atoms with E-state index in [-0.39, 0.29) is 35.6 Å². The van der Waals surface area contributed by atoms with Gasteiger partial charge in [-0.15, -0.1) is 0 Å². The highest BCUT2D eigenvalue weighted by atomic mass is 79.9. The van der Waals surface area contributed by atoms with Gasteiger partial charge in [0, 0.05) is 48.3 Å². The van der Waals surface area contributed by atoms with Crippen molar-refractivity contribution in [3.05, 3.63) is 63.9 Å². The molecule has 1 saturated carbocycles. The van der Waals surface area contributed by atoms with Crippen LogP contribution in [0.5, 0.6) is 0 Å². The maximum atomic E-state index is 14.3. The average molecular weight is 686 g/mol. The first-order valence-electron chi connectivity index (χ1n) is 15.8. The maximum Gasteiger partial charge on any atom is 0.248 e. The van der Waals surface area contributed by atoms with Gasteiger partial charge in [0.2, 0.25) is 11.8 Å². The van der Waals surface area contributed by atoms with Gasteiger partial charge in [-0.25, -0.2) is 15.0 Å². The summed E-state index contributed by atoms with van der Waals surface area (Å²) in [6.07, 6.45) is 7.38. The first kappa shape index (κ1) is 30.6. The third-order valence-corrected chi connectivity index (χ3v) is 10.3. The fourth-order valence-corrected chi connectivity index (χ4v) is 7.79. The van der Waals surface area contributed by atoms with Gasteiger partial charge in [-0.1, -0.05) is 6.07 Å². The van der Waals surface area contributed by atoms with E-state index in [9.17, 15) is 14.4 Å². The van der Waals surface area contributed by atoms with Crippen LogP contribution in [0.2, 0.25) is 0 Å². The SMILES string of the molecule is CC(=O)c1nn(CC(=O)N2[C@H](C(=O)Nc3nc(Br)ccc3C)C[C@@]3(CN4CCCC4)C[C@@H]23)c2c(C)cc(-c3cnc(C)nc3)cc12. The number of amides is 2.